The second kappa shape index (κ2) is 4.27. The summed E-state index contributed by atoms with van der Waals surface area (Å²) < 4.78 is 12.9. The summed E-state index contributed by atoms with van der Waals surface area (Å²) in [6.07, 6.45) is 1.04. The van der Waals surface area contributed by atoms with Crippen molar-refractivity contribution in [3.05, 3.63) is 34.6 Å². The zero-order valence-electron chi connectivity index (χ0n) is 6.89. The quantitative estimate of drug-likeness (QED) is 0.770. The van der Waals surface area contributed by atoms with Crippen LogP contribution in [0.25, 0.3) is 0 Å². The molecule has 0 aromatic heterocycles. The third-order valence-electron chi connectivity index (χ3n) is 2.18. The molecule has 1 atom stereocenters. The smallest absolute Gasteiger partial charge is 0.142 e. The molecule has 4 heteroatoms. The van der Waals surface area contributed by atoms with Crippen molar-refractivity contribution in [2.75, 3.05) is 6.54 Å². The Bertz CT molecular complexity index is 300. The van der Waals surface area contributed by atoms with Crippen molar-refractivity contribution in [2.24, 2.45) is 0 Å². The van der Waals surface area contributed by atoms with Crippen molar-refractivity contribution in [1.82, 2.24) is 5.32 Å². The SMILES string of the molecule is Cl.Fc1cccc([C@H]2CCN2)c1Cl. The second-order valence-electron chi connectivity index (χ2n) is 2.94. The van der Waals surface area contributed by atoms with E-state index in [-0.39, 0.29) is 29.3 Å². The fourth-order valence-corrected chi connectivity index (χ4v) is 1.60. The molecule has 1 fully saturated rings. The summed E-state index contributed by atoms with van der Waals surface area (Å²) >= 11 is 5.79. The lowest BCUT2D eigenvalue weighted by Crippen LogP contribution is -2.35. The van der Waals surface area contributed by atoms with Crippen LogP contribution in [0.3, 0.4) is 0 Å². The Balaban J connectivity index is 0.000000845. The van der Waals surface area contributed by atoms with E-state index in [1.165, 1.54) is 6.07 Å². The van der Waals surface area contributed by atoms with Gasteiger partial charge in [-0.1, -0.05) is 23.7 Å². The van der Waals surface area contributed by atoms with Crippen LogP contribution < -0.4 is 5.32 Å². The van der Waals surface area contributed by atoms with Gasteiger partial charge in [0.1, 0.15) is 5.82 Å². The van der Waals surface area contributed by atoms with Gasteiger partial charge in [0.25, 0.3) is 0 Å². The number of hydrogen-bond donors (Lipinski definition) is 1. The molecule has 0 spiro atoms. The predicted molar refractivity (Wildman–Crippen MR) is 54.0 cm³/mol. The molecule has 13 heavy (non-hydrogen) atoms. The Hall–Kier alpha value is -0.310. The molecule has 0 bridgehead atoms. The lowest BCUT2D eigenvalue weighted by Gasteiger charge is -2.28. The first kappa shape index (κ1) is 10.8. The van der Waals surface area contributed by atoms with Gasteiger partial charge in [-0.3, -0.25) is 0 Å². The highest BCUT2D eigenvalue weighted by Crippen LogP contribution is 2.30. The van der Waals surface area contributed by atoms with Crippen molar-refractivity contribution in [1.29, 1.82) is 0 Å². The van der Waals surface area contributed by atoms with Crippen LogP contribution in [0.5, 0.6) is 0 Å². The summed E-state index contributed by atoms with van der Waals surface area (Å²) in [5, 5.41) is 3.44. The monoisotopic (exact) mass is 221 g/mol. The first-order valence-electron chi connectivity index (χ1n) is 3.96. The Kier molecular flexibility index (Phi) is 3.54. The molecule has 1 aromatic rings. The minimum atomic E-state index is -0.331. The number of rotatable bonds is 1. The van der Waals surface area contributed by atoms with E-state index in [0.717, 1.165) is 18.5 Å². The molecule has 1 N–H and O–H groups in total. The largest absolute Gasteiger partial charge is 0.310 e. The zero-order valence-corrected chi connectivity index (χ0v) is 8.46. The molecule has 0 saturated carbocycles. The minimum Gasteiger partial charge on any atom is -0.310 e. The van der Waals surface area contributed by atoms with Crippen LogP contribution >= 0.6 is 24.0 Å². The zero-order chi connectivity index (χ0) is 8.55. The van der Waals surface area contributed by atoms with Crippen LogP contribution in [0.15, 0.2) is 18.2 Å². The van der Waals surface area contributed by atoms with Crippen molar-refractivity contribution in [2.45, 2.75) is 12.5 Å². The number of halogens is 3. The normalized spacial score (nSPS) is 20.3. The van der Waals surface area contributed by atoms with Crippen molar-refractivity contribution < 1.29 is 4.39 Å². The third-order valence-corrected chi connectivity index (χ3v) is 2.58. The van der Waals surface area contributed by atoms with Crippen LogP contribution in [0.1, 0.15) is 18.0 Å². The molecule has 0 aliphatic carbocycles. The van der Waals surface area contributed by atoms with Crippen molar-refractivity contribution in [3.8, 4) is 0 Å². The first-order chi connectivity index (χ1) is 5.79. The highest BCUT2D eigenvalue weighted by molar-refractivity contribution is 6.31. The summed E-state index contributed by atoms with van der Waals surface area (Å²) in [7, 11) is 0. The second-order valence-corrected chi connectivity index (χ2v) is 3.32. The summed E-state index contributed by atoms with van der Waals surface area (Å²) in [6.45, 7) is 0.998. The Labute approximate surface area is 87.7 Å². The van der Waals surface area contributed by atoms with Gasteiger partial charge >= 0.3 is 0 Å². The van der Waals surface area contributed by atoms with Gasteiger partial charge in [0.15, 0.2) is 0 Å². The maximum absolute atomic E-state index is 12.9. The van der Waals surface area contributed by atoms with Crippen LogP contribution in [-0.2, 0) is 0 Å². The fraction of sp³-hybridized carbons (Fsp3) is 0.333. The first-order valence-corrected chi connectivity index (χ1v) is 4.34. The maximum Gasteiger partial charge on any atom is 0.142 e. The minimum absolute atomic E-state index is 0. The topological polar surface area (TPSA) is 12.0 Å². The molecule has 1 aliphatic rings. The molecule has 1 heterocycles. The molecule has 1 aliphatic heterocycles. The number of hydrogen-bond acceptors (Lipinski definition) is 1. The lowest BCUT2D eigenvalue weighted by atomic mass is 9.98. The van der Waals surface area contributed by atoms with Gasteiger partial charge in [-0.15, -0.1) is 12.4 Å². The lowest BCUT2D eigenvalue weighted by molar-refractivity contribution is 0.382. The standard InChI is InChI=1S/C9H9ClFN.ClH/c10-9-6(8-4-5-12-8)2-1-3-7(9)11;/h1-3,8,12H,4-5H2;1H/t8-;/m1./s1. The van der Waals surface area contributed by atoms with Gasteiger partial charge in [0.05, 0.1) is 5.02 Å². The van der Waals surface area contributed by atoms with Gasteiger partial charge in [-0.2, -0.15) is 0 Å². The molecule has 0 unspecified atom stereocenters. The van der Waals surface area contributed by atoms with Crippen LogP contribution in [0.2, 0.25) is 5.02 Å². The van der Waals surface area contributed by atoms with E-state index in [1.54, 1.807) is 6.07 Å². The van der Waals surface area contributed by atoms with E-state index in [2.05, 4.69) is 5.32 Å². The van der Waals surface area contributed by atoms with Gasteiger partial charge in [0.2, 0.25) is 0 Å². The maximum atomic E-state index is 12.9. The van der Waals surface area contributed by atoms with Crippen LogP contribution in [0, 0.1) is 5.82 Å². The Morgan fingerprint density at radius 2 is 2.15 bits per heavy atom. The third kappa shape index (κ3) is 1.96. The van der Waals surface area contributed by atoms with Gasteiger partial charge in [-0.25, -0.2) is 4.39 Å². The van der Waals surface area contributed by atoms with E-state index >= 15 is 0 Å². The average molecular weight is 222 g/mol. The highest BCUT2D eigenvalue weighted by Gasteiger charge is 2.21. The number of benzene rings is 1. The predicted octanol–water partition coefficient (Wildman–Crippen LogP) is 2.94. The average Bonchev–Trinajstić information content (AvgIpc) is 1.95. The fourth-order valence-electron chi connectivity index (χ4n) is 1.34. The Morgan fingerprint density at radius 1 is 1.46 bits per heavy atom. The molecule has 0 radical (unpaired) electrons. The van der Waals surface area contributed by atoms with Crippen LogP contribution in [0.4, 0.5) is 4.39 Å². The van der Waals surface area contributed by atoms with E-state index in [4.69, 9.17) is 11.6 Å². The van der Waals surface area contributed by atoms with Crippen molar-refractivity contribution in [3.63, 3.8) is 0 Å². The van der Waals surface area contributed by atoms with Gasteiger partial charge in [-0.05, 0) is 24.6 Å². The van der Waals surface area contributed by atoms with Gasteiger partial charge in [0, 0.05) is 6.04 Å². The molecular weight excluding hydrogens is 212 g/mol. The summed E-state index contributed by atoms with van der Waals surface area (Å²) in [4.78, 5) is 0. The molecular formula is C9H10Cl2FN. The molecule has 0 amide bonds. The van der Waals surface area contributed by atoms with Gasteiger partial charge < -0.3 is 5.32 Å². The van der Waals surface area contributed by atoms with E-state index in [1.807, 2.05) is 6.07 Å². The molecule has 1 aromatic carbocycles. The van der Waals surface area contributed by atoms with E-state index < -0.39 is 0 Å². The molecule has 1 saturated heterocycles. The van der Waals surface area contributed by atoms with E-state index in [9.17, 15) is 4.39 Å². The van der Waals surface area contributed by atoms with E-state index in [0.29, 0.717) is 0 Å². The summed E-state index contributed by atoms with van der Waals surface area (Å²) in [6, 6.07) is 5.19. The summed E-state index contributed by atoms with van der Waals surface area (Å²) in [5.74, 6) is -0.331. The molecule has 72 valence electrons. The summed E-state index contributed by atoms with van der Waals surface area (Å²) in [5.41, 5.74) is 0.878. The number of nitrogens with one attached hydrogen (secondary N) is 1. The Morgan fingerprint density at radius 3 is 2.69 bits per heavy atom. The molecule has 1 nitrogen and oxygen atoms in total. The van der Waals surface area contributed by atoms with Crippen molar-refractivity contribution >= 4 is 24.0 Å². The highest BCUT2D eigenvalue weighted by atomic mass is 35.5. The molecule has 2 rings (SSSR count). The van der Waals surface area contributed by atoms with Crippen LogP contribution in [-0.4, -0.2) is 6.54 Å².